The van der Waals surface area contributed by atoms with Crippen LogP contribution in [-0.4, -0.2) is 32.8 Å². The maximum Gasteiger partial charge on any atom is 0.237 e. The zero-order chi connectivity index (χ0) is 20.2. The van der Waals surface area contributed by atoms with E-state index >= 15 is 0 Å². The van der Waals surface area contributed by atoms with Crippen molar-refractivity contribution in [2.24, 2.45) is 5.92 Å². The first-order valence-corrected chi connectivity index (χ1v) is 11.0. The molecule has 156 valence electrons. The number of carbonyl (C=O) groups excluding carboxylic acids is 1. The van der Waals surface area contributed by atoms with Crippen LogP contribution in [0, 0.1) is 5.92 Å². The van der Waals surface area contributed by atoms with Crippen molar-refractivity contribution in [2.75, 3.05) is 18.0 Å². The first-order valence-electron chi connectivity index (χ1n) is 10.2. The van der Waals surface area contributed by atoms with Crippen LogP contribution in [0.1, 0.15) is 51.3 Å². The summed E-state index contributed by atoms with van der Waals surface area (Å²) in [6.45, 7) is 2.03. The summed E-state index contributed by atoms with van der Waals surface area (Å²) < 4.78 is 12.2. The van der Waals surface area contributed by atoms with Gasteiger partial charge in [0.2, 0.25) is 17.9 Å². The molecular formula is C20H27N5O3S. The first-order chi connectivity index (χ1) is 14.1. The van der Waals surface area contributed by atoms with Crippen molar-refractivity contribution in [3.63, 3.8) is 0 Å². The Hall–Kier alpha value is -2.42. The summed E-state index contributed by atoms with van der Waals surface area (Å²) in [7, 11) is 0. The largest absolute Gasteiger partial charge is 0.454 e. The summed E-state index contributed by atoms with van der Waals surface area (Å²) in [5, 5.41) is 11.5. The van der Waals surface area contributed by atoms with Crippen LogP contribution in [0.25, 0.3) is 0 Å². The lowest BCUT2D eigenvalue weighted by Crippen LogP contribution is -2.24. The molecule has 2 heterocycles. The van der Waals surface area contributed by atoms with Gasteiger partial charge < -0.3 is 20.6 Å². The molecule has 1 fully saturated rings. The van der Waals surface area contributed by atoms with Crippen LogP contribution in [0.15, 0.2) is 23.4 Å². The Kier molecular flexibility index (Phi) is 6.13. The Morgan fingerprint density at radius 2 is 2.07 bits per heavy atom. The molecule has 1 aromatic carbocycles. The Labute approximate surface area is 174 Å². The predicted octanol–water partition coefficient (Wildman–Crippen LogP) is 3.35. The molecular weight excluding hydrogens is 390 g/mol. The van der Waals surface area contributed by atoms with Gasteiger partial charge in [0, 0.05) is 18.2 Å². The highest BCUT2D eigenvalue weighted by Crippen LogP contribution is 2.34. The minimum absolute atomic E-state index is 0.138. The molecule has 0 unspecified atom stereocenters. The molecule has 1 aliphatic heterocycles. The first kappa shape index (κ1) is 19.9. The smallest absolute Gasteiger partial charge is 0.237 e. The molecule has 0 radical (unpaired) electrons. The second-order valence-corrected chi connectivity index (χ2v) is 8.94. The molecule has 29 heavy (non-hydrogen) atoms. The molecule has 9 heteroatoms. The van der Waals surface area contributed by atoms with Crippen molar-refractivity contribution >= 4 is 23.4 Å². The standard InChI is InChI=1S/C20H27N5O3S/c1-13(19(26)22-15-8-9-16-17(11-15)28-12-27-16)29-20-24-23-18(25(20)21)10-7-14-5-3-2-4-6-14/h8-9,11,13-14H,2-7,10,12,21H2,1H3,(H,22,26)/t13-/m0/s1. The summed E-state index contributed by atoms with van der Waals surface area (Å²) in [6, 6.07) is 5.33. The third kappa shape index (κ3) is 4.77. The number of anilines is 1. The van der Waals surface area contributed by atoms with Gasteiger partial charge >= 0.3 is 0 Å². The minimum Gasteiger partial charge on any atom is -0.454 e. The van der Waals surface area contributed by atoms with Gasteiger partial charge in [-0.05, 0) is 31.4 Å². The highest BCUT2D eigenvalue weighted by molar-refractivity contribution is 8.00. The number of ether oxygens (including phenoxy) is 2. The lowest BCUT2D eigenvalue weighted by Gasteiger charge is -2.20. The molecule has 8 nitrogen and oxygen atoms in total. The Morgan fingerprint density at radius 1 is 1.28 bits per heavy atom. The number of hydrogen-bond donors (Lipinski definition) is 2. The third-order valence-corrected chi connectivity index (χ3v) is 6.58. The van der Waals surface area contributed by atoms with Crippen LogP contribution in [0.5, 0.6) is 11.5 Å². The van der Waals surface area contributed by atoms with E-state index in [-0.39, 0.29) is 18.0 Å². The summed E-state index contributed by atoms with van der Waals surface area (Å²) in [4.78, 5) is 12.6. The van der Waals surface area contributed by atoms with Crippen LogP contribution in [0.4, 0.5) is 5.69 Å². The second kappa shape index (κ2) is 8.94. The number of hydrogen-bond acceptors (Lipinski definition) is 7. The van der Waals surface area contributed by atoms with E-state index in [0.29, 0.717) is 22.3 Å². The molecule has 2 aliphatic rings. The number of benzene rings is 1. The van der Waals surface area contributed by atoms with Crippen LogP contribution in [0.3, 0.4) is 0 Å². The molecule has 0 bridgehead atoms. The number of fused-ring (bicyclic) bond motifs is 1. The molecule has 1 saturated carbocycles. The molecule has 3 N–H and O–H groups in total. The number of rotatable bonds is 7. The van der Waals surface area contributed by atoms with Crippen molar-refractivity contribution < 1.29 is 14.3 Å². The van der Waals surface area contributed by atoms with Crippen molar-refractivity contribution in [3.05, 3.63) is 24.0 Å². The van der Waals surface area contributed by atoms with Crippen molar-refractivity contribution in [3.8, 4) is 11.5 Å². The van der Waals surface area contributed by atoms with E-state index in [1.54, 1.807) is 18.2 Å². The zero-order valence-electron chi connectivity index (χ0n) is 16.6. The van der Waals surface area contributed by atoms with E-state index in [1.807, 2.05) is 6.92 Å². The summed E-state index contributed by atoms with van der Waals surface area (Å²) in [6.07, 6.45) is 8.55. The lowest BCUT2D eigenvalue weighted by atomic mass is 9.86. The number of aromatic nitrogens is 3. The van der Waals surface area contributed by atoms with E-state index in [4.69, 9.17) is 15.3 Å². The fourth-order valence-electron chi connectivity index (χ4n) is 3.80. The Bertz CT molecular complexity index is 866. The SMILES string of the molecule is C[C@H](Sc1nnc(CCC2CCCCC2)n1N)C(=O)Nc1ccc2c(c1)OCO2. The fourth-order valence-corrected chi connectivity index (χ4v) is 4.59. The van der Waals surface area contributed by atoms with Gasteiger partial charge in [-0.15, -0.1) is 10.2 Å². The number of amides is 1. The number of nitrogens with one attached hydrogen (secondary N) is 1. The van der Waals surface area contributed by atoms with Crippen molar-refractivity contribution in [2.45, 2.75) is 62.3 Å². The number of thioether (sulfide) groups is 1. The van der Waals surface area contributed by atoms with Gasteiger partial charge in [0.1, 0.15) is 0 Å². The zero-order valence-corrected chi connectivity index (χ0v) is 17.4. The molecule has 1 amide bonds. The van der Waals surface area contributed by atoms with E-state index in [9.17, 15) is 4.79 Å². The van der Waals surface area contributed by atoms with Crippen LogP contribution >= 0.6 is 11.8 Å². The number of nitrogens with zero attached hydrogens (tertiary/aromatic N) is 3. The lowest BCUT2D eigenvalue weighted by molar-refractivity contribution is -0.115. The summed E-state index contributed by atoms with van der Waals surface area (Å²) in [5.74, 6) is 8.91. The summed E-state index contributed by atoms with van der Waals surface area (Å²) >= 11 is 1.30. The van der Waals surface area contributed by atoms with E-state index in [1.165, 1.54) is 48.5 Å². The number of carbonyl (C=O) groups is 1. The molecule has 1 aromatic heterocycles. The molecule has 0 saturated heterocycles. The maximum absolute atomic E-state index is 12.6. The van der Waals surface area contributed by atoms with E-state index in [0.717, 1.165) is 24.6 Å². The molecule has 0 spiro atoms. The number of aryl methyl sites for hydroxylation is 1. The van der Waals surface area contributed by atoms with Gasteiger partial charge in [-0.3, -0.25) is 4.79 Å². The monoisotopic (exact) mass is 417 g/mol. The summed E-state index contributed by atoms with van der Waals surface area (Å²) in [5.41, 5.74) is 0.661. The topological polar surface area (TPSA) is 104 Å². The fraction of sp³-hybridized carbons (Fsp3) is 0.550. The highest BCUT2D eigenvalue weighted by atomic mass is 32.2. The van der Waals surface area contributed by atoms with E-state index < -0.39 is 0 Å². The maximum atomic E-state index is 12.6. The Balaban J connectivity index is 1.31. The number of nitrogen functional groups attached to an aromatic ring is 1. The van der Waals surface area contributed by atoms with Gasteiger partial charge in [-0.2, -0.15) is 0 Å². The van der Waals surface area contributed by atoms with Gasteiger partial charge in [-0.1, -0.05) is 43.9 Å². The predicted molar refractivity (Wildman–Crippen MR) is 112 cm³/mol. The van der Waals surface area contributed by atoms with Gasteiger partial charge in [0.05, 0.1) is 5.25 Å². The van der Waals surface area contributed by atoms with Gasteiger partial charge in [0.25, 0.3) is 0 Å². The van der Waals surface area contributed by atoms with Gasteiger partial charge in [0.15, 0.2) is 17.3 Å². The highest BCUT2D eigenvalue weighted by Gasteiger charge is 2.21. The van der Waals surface area contributed by atoms with Crippen molar-refractivity contribution in [1.82, 2.24) is 14.9 Å². The van der Waals surface area contributed by atoms with Crippen LogP contribution in [0.2, 0.25) is 0 Å². The third-order valence-electron chi connectivity index (χ3n) is 5.53. The van der Waals surface area contributed by atoms with E-state index in [2.05, 4.69) is 15.5 Å². The number of nitrogens with two attached hydrogens (primary N) is 1. The normalized spacial score (nSPS) is 17.3. The quantitative estimate of drug-likeness (QED) is 0.526. The average molecular weight is 418 g/mol. The molecule has 1 atom stereocenters. The average Bonchev–Trinajstić information content (AvgIpc) is 3.34. The van der Waals surface area contributed by atoms with Crippen LogP contribution in [-0.2, 0) is 11.2 Å². The second-order valence-electron chi connectivity index (χ2n) is 7.63. The van der Waals surface area contributed by atoms with Crippen molar-refractivity contribution in [1.29, 1.82) is 0 Å². The molecule has 1 aliphatic carbocycles. The van der Waals surface area contributed by atoms with Gasteiger partial charge in [-0.25, -0.2) is 4.68 Å². The Morgan fingerprint density at radius 3 is 2.90 bits per heavy atom. The molecule has 4 rings (SSSR count). The molecule has 2 aromatic rings. The van der Waals surface area contributed by atoms with Crippen LogP contribution < -0.4 is 20.6 Å². The minimum atomic E-state index is -0.377.